The number of esters is 1. The molecule has 3 unspecified atom stereocenters. The van der Waals surface area contributed by atoms with E-state index in [4.69, 9.17) is 9.47 Å². The van der Waals surface area contributed by atoms with Crippen LogP contribution in [0.25, 0.3) is 0 Å². The molecule has 2 aromatic rings. The molecule has 0 spiro atoms. The van der Waals surface area contributed by atoms with E-state index in [0.717, 1.165) is 41.8 Å². The number of aromatic hydroxyl groups is 1. The van der Waals surface area contributed by atoms with Crippen LogP contribution in [-0.4, -0.2) is 29.6 Å². The Bertz CT molecular complexity index is 1180. The summed E-state index contributed by atoms with van der Waals surface area (Å²) in [4.78, 5) is 28.4. The molecule has 2 N–H and O–H groups in total. The summed E-state index contributed by atoms with van der Waals surface area (Å²) in [5.41, 5.74) is 2.76. The van der Waals surface area contributed by atoms with Crippen LogP contribution in [0.2, 0.25) is 0 Å². The molecule has 0 radical (unpaired) electrons. The van der Waals surface area contributed by atoms with Crippen LogP contribution in [0.4, 0.5) is 0 Å². The first-order valence-corrected chi connectivity index (χ1v) is 13.3. The van der Waals surface area contributed by atoms with E-state index in [0.29, 0.717) is 30.0 Å². The Hall–Kier alpha value is -3.06. The maximum absolute atomic E-state index is 13.7. The highest BCUT2D eigenvalue weighted by Crippen LogP contribution is 2.48. The van der Waals surface area contributed by atoms with E-state index < -0.39 is 11.8 Å². The Morgan fingerprint density at radius 3 is 2.71 bits per heavy atom. The fourth-order valence-electron chi connectivity index (χ4n) is 5.61. The number of benzene rings is 1. The van der Waals surface area contributed by atoms with Gasteiger partial charge in [-0.3, -0.25) is 4.79 Å². The second kappa shape index (κ2) is 9.90. The van der Waals surface area contributed by atoms with Gasteiger partial charge in [-0.1, -0.05) is 18.2 Å². The first kappa shape index (κ1) is 23.7. The third-order valence-electron chi connectivity index (χ3n) is 7.21. The zero-order chi connectivity index (χ0) is 24.5. The molecule has 3 aliphatic rings. The quantitative estimate of drug-likeness (QED) is 0.513. The van der Waals surface area contributed by atoms with Gasteiger partial charge in [-0.2, -0.15) is 0 Å². The number of ether oxygens (including phenoxy) is 2. The third-order valence-corrected chi connectivity index (χ3v) is 8.22. The molecule has 0 amide bonds. The van der Waals surface area contributed by atoms with E-state index in [2.05, 4.69) is 17.5 Å². The van der Waals surface area contributed by atoms with Crippen molar-refractivity contribution in [2.75, 3.05) is 6.61 Å². The topological polar surface area (TPSA) is 84.9 Å². The lowest BCUT2D eigenvalue weighted by atomic mass is 9.69. The molecule has 35 heavy (non-hydrogen) atoms. The fraction of sp³-hybridized carbons (Fsp3) is 0.429. The van der Waals surface area contributed by atoms with E-state index >= 15 is 0 Å². The van der Waals surface area contributed by atoms with Gasteiger partial charge in [0.1, 0.15) is 11.9 Å². The average Bonchev–Trinajstić information content (AvgIpc) is 3.54. The Labute approximate surface area is 209 Å². The number of carbonyl (C=O) groups excluding carboxylic acids is 2. The van der Waals surface area contributed by atoms with Crippen LogP contribution in [0, 0.1) is 5.92 Å². The van der Waals surface area contributed by atoms with Gasteiger partial charge in [-0.15, -0.1) is 11.3 Å². The molecule has 184 valence electrons. The molecule has 1 aromatic heterocycles. The van der Waals surface area contributed by atoms with Crippen molar-refractivity contribution >= 4 is 23.1 Å². The number of phenols is 1. The molecule has 2 heterocycles. The number of carbonyl (C=O) groups is 2. The zero-order valence-electron chi connectivity index (χ0n) is 20.1. The van der Waals surface area contributed by atoms with Gasteiger partial charge in [0.15, 0.2) is 11.5 Å². The van der Waals surface area contributed by atoms with Gasteiger partial charge in [0, 0.05) is 34.5 Å². The number of rotatable bonds is 6. The largest absolute Gasteiger partial charge is 0.504 e. The van der Waals surface area contributed by atoms with Crippen molar-refractivity contribution < 1.29 is 24.2 Å². The molecular formula is C28H31NO5S. The molecule has 6 nitrogen and oxygen atoms in total. The van der Waals surface area contributed by atoms with E-state index in [1.54, 1.807) is 29.5 Å². The van der Waals surface area contributed by atoms with Gasteiger partial charge in [0.05, 0.1) is 18.1 Å². The molecule has 0 bridgehead atoms. The van der Waals surface area contributed by atoms with Crippen LogP contribution in [-0.2, 0) is 14.3 Å². The smallest absolute Gasteiger partial charge is 0.336 e. The van der Waals surface area contributed by atoms with Crippen LogP contribution in [0.3, 0.4) is 0 Å². The van der Waals surface area contributed by atoms with Crippen LogP contribution >= 0.6 is 11.3 Å². The van der Waals surface area contributed by atoms with Crippen molar-refractivity contribution in [3.8, 4) is 11.5 Å². The van der Waals surface area contributed by atoms with Crippen molar-refractivity contribution in [2.24, 2.45) is 5.92 Å². The van der Waals surface area contributed by atoms with E-state index in [9.17, 15) is 14.7 Å². The summed E-state index contributed by atoms with van der Waals surface area (Å²) in [5.74, 6) is -0.944. The van der Waals surface area contributed by atoms with Crippen molar-refractivity contribution in [2.45, 2.75) is 63.9 Å². The summed E-state index contributed by atoms with van der Waals surface area (Å²) < 4.78 is 11.6. The monoisotopic (exact) mass is 493 g/mol. The summed E-state index contributed by atoms with van der Waals surface area (Å²) in [6.45, 7) is 4.12. The number of ketones is 1. The summed E-state index contributed by atoms with van der Waals surface area (Å²) in [6.07, 6.45) is 6.31. The molecule has 1 aromatic carbocycles. The van der Waals surface area contributed by atoms with Crippen LogP contribution in [0.15, 0.2) is 58.8 Å². The molecule has 2 aliphatic carbocycles. The highest BCUT2D eigenvalue weighted by atomic mass is 32.1. The maximum atomic E-state index is 13.7. The lowest BCUT2D eigenvalue weighted by Gasteiger charge is -2.39. The number of thiophene rings is 1. The highest BCUT2D eigenvalue weighted by molar-refractivity contribution is 7.10. The molecule has 1 fully saturated rings. The van der Waals surface area contributed by atoms with Crippen LogP contribution in [0.5, 0.6) is 11.5 Å². The van der Waals surface area contributed by atoms with E-state index in [1.807, 2.05) is 25.3 Å². The number of allylic oxidation sites excluding steroid dienone is 3. The number of phenolic OH excluding ortho intramolecular Hbond substituents is 1. The third kappa shape index (κ3) is 4.61. The summed E-state index contributed by atoms with van der Waals surface area (Å²) >= 11 is 1.65. The Balaban J connectivity index is 1.59. The predicted octanol–water partition coefficient (Wildman–Crippen LogP) is 5.56. The van der Waals surface area contributed by atoms with Crippen molar-refractivity contribution in [1.29, 1.82) is 0 Å². The molecule has 1 saturated carbocycles. The minimum Gasteiger partial charge on any atom is -0.504 e. The Morgan fingerprint density at radius 2 is 2.00 bits per heavy atom. The standard InChI is InChI=1S/C28H31NO5S/c1-3-33-23-15-17(10-11-21(23)30)26-25(28(32)34-19-7-4-5-8-19)16(2)29-20-13-18(14-22(31)27(20)26)24-9-6-12-35-24/h6,9-13,15,18-19,26-27,29-30H,3-5,7-8,14H2,1-2H3. The number of hydrogen-bond acceptors (Lipinski definition) is 7. The van der Waals surface area contributed by atoms with Gasteiger partial charge in [-0.25, -0.2) is 4.79 Å². The second-order valence-corrected chi connectivity index (χ2v) is 10.5. The van der Waals surface area contributed by atoms with E-state index in [1.165, 1.54) is 0 Å². The zero-order valence-corrected chi connectivity index (χ0v) is 20.9. The molecule has 5 rings (SSSR count). The molecule has 0 saturated heterocycles. The first-order chi connectivity index (χ1) is 17.0. The molecule has 7 heteroatoms. The summed E-state index contributed by atoms with van der Waals surface area (Å²) in [6, 6.07) is 9.16. The van der Waals surface area contributed by atoms with E-state index in [-0.39, 0.29) is 29.5 Å². The van der Waals surface area contributed by atoms with Crippen LogP contribution in [0.1, 0.15) is 68.2 Å². The number of nitrogens with one attached hydrogen (secondary N) is 1. The molecular weight excluding hydrogens is 462 g/mol. The highest BCUT2D eigenvalue weighted by Gasteiger charge is 2.45. The van der Waals surface area contributed by atoms with Gasteiger partial charge in [-0.05, 0) is 68.7 Å². The summed E-state index contributed by atoms with van der Waals surface area (Å²) in [5, 5.41) is 15.7. The predicted molar refractivity (Wildman–Crippen MR) is 134 cm³/mol. The fourth-order valence-corrected chi connectivity index (χ4v) is 6.40. The molecule has 1 aliphatic heterocycles. The Kier molecular flexibility index (Phi) is 6.69. The van der Waals surface area contributed by atoms with Gasteiger partial charge in [0.25, 0.3) is 0 Å². The number of Topliss-reactive ketones (excluding diaryl/α,β-unsaturated/α-hetero) is 1. The number of hydrogen-bond donors (Lipinski definition) is 2. The number of fused-ring (bicyclic) bond motifs is 1. The summed E-state index contributed by atoms with van der Waals surface area (Å²) in [7, 11) is 0. The normalized spacial score (nSPS) is 24.6. The first-order valence-electron chi connectivity index (χ1n) is 12.4. The van der Waals surface area contributed by atoms with Crippen molar-refractivity contribution in [3.63, 3.8) is 0 Å². The lowest BCUT2D eigenvalue weighted by Crippen LogP contribution is -2.42. The van der Waals surface area contributed by atoms with Gasteiger partial charge < -0.3 is 19.9 Å². The minimum atomic E-state index is -0.528. The Morgan fingerprint density at radius 1 is 1.20 bits per heavy atom. The lowest BCUT2D eigenvalue weighted by molar-refractivity contribution is -0.144. The van der Waals surface area contributed by atoms with Crippen LogP contribution < -0.4 is 10.1 Å². The second-order valence-electron chi connectivity index (χ2n) is 9.51. The van der Waals surface area contributed by atoms with Gasteiger partial charge >= 0.3 is 5.97 Å². The minimum absolute atomic E-state index is 0.0143. The maximum Gasteiger partial charge on any atom is 0.336 e. The SMILES string of the molecule is CCOc1cc(C2C(C(=O)OC3CCCC3)=C(C)NC3=CC(c4cccs4)CC(=O)C32)ccc1O. The average molecular weight is 494 g/mol. The molecule has 3 atom stereocenters. The van der Waals surface area contributed by atoms with Crippen molar-refractivity contribution in [1.82, 2.24) is 5.32 Å². The van der Waals surface area contributed by atoms with Crippen molar-refractivity contribution in [3.05, 3.63) is 69.2 Å². The van der Waals surface area contributed by atoms with Gasteiger partial charge in [0.2, 0.25) is 0 Å².